The van der Waals surface area contributed by atoms with Crippen LogP contribution in [0.2, 0.25) is 0 Å². The molecule has 206 valence electrons. The number of carbonyl (C=O) groups is 1. The largest absolute Gasteiger partial charge is 0.478 e. The first-order valence-electron chi connectivity index (χ1n) is 12.7. The van der Waals surface area contributed by atoms with Crippen molar-refractivity contribution in [1.29, 1.82) is 0 Å². The highest BCUT2D eigenvalue weighted by Crippen LogP contribution is 2.35. The third-order valence-corrected chi connectivity index (χ3v) is 5.55. The lowest BCUT2D eigenvalue weighted by Crippen LogP contribution is -2.33. The number of hydrogen-bond acceptors (Lipinski definition) is 7. The minimum atomic E-state index is -1.38. The molecule has 5 aromatic rings. The van der Waals surface area contributed by atoms with Gasteiger partial charge in [0.1, 0.15) is 28.6 Å². The number of para-hydroxylation sites is 5. The molecule has 0 amide bonds. The number of rotatable bonds is 13. The van der Waals surface area contributed by atoms with E-state index in [0.717, 1.165) is 0 Å². The second kappa shape index (κ2) is 13.4. The molecule has 0 aliphatic rings. The van der Waals surface area contributed by atoms with Gasteiger partial charge in [-0.25, -0.2) is 4.79 Å². The van der Waals surface area contributed by atoms with Gasteiger partial charge >= 0.3 is 18.9 Å². The quantitative estimate of drug-likeness (QED) is 0.156. The summed E-state index contributed by atoms with van der Waals surface area (Å²) in [5.74, 6) is 0.484. The van der Waals surface area contributed by atoms with Gasteiger partial charge in [-0.1, -0.05) is 78.9 Å². The van der Waals surface area contributed by atoms with Crippen LogP contribution in [0.5, 0.6) is 34.5 Å². The summed E-state index contributed by atoms with van der Waals surface area (Å²) in [5.41, 5.74) is -0.181. The fourth-order valence-electron chi connectivity index (χ4n) is 3.68. The van der Waals surface area contributed by atoms with Gasteiger partial charge in [-0.05, 0) is 60.7 Å². The molecule has 8 nitrogen and oxygen atoms in total. The number of benzene rings is 5. The average Bonchev–Trinajstić information content (AvgIpc) is 3.00. The Morgan fingerprint density at radius 1 is 0.439 bits per heavy atom. The number of carboxylic acids is 1. The van der Waals surface area contributed by atoms with E-state index in [0.29, 0.717) is 23.0 Å². The third-order valence-electron chi connectivity index (χ3n) is 5.55. The molecule has 0 aromatic heterocycles. The van der Waals surface area contributed by atoms with Gasteiger partial charge in [0, 0.05) is 0 Å². The summed E-state index contributed by atoms with van der Waals surface area (Å²) in [7, 11) is 0. The summed E-state index contributed by atoms with van der Waals surface area (Å²) >= 11 is 0. The van der Waals surface area contributed by atoms with Crippen LogP contribution < -0.4 is 28.4 Å². The Bertz CT molecular complexity index is 1430. The van der Waals surface area contributed by atoms with Crippen LogP contribution in [0, 0.1) is 0 Å². The molecule has 0 bridgehead atoms. The molecule has 0 aliphatic carbocycles. The van der Waals surface area contributed by atoms with Gasteiger partial charge < -0.3 is 33.5 Å². The van der Waals surface area contributed by atoms with Gasteiger partial charge in [-0.3, -0.25) is 0 Å². The van der Waals surface area contributed by atoms with Gasteiger partial charge in [-0.15, -0.1) is 0 Å². The molecule has 0 spiro atoms. The van der Waals surface area contributed by atoms with Crippen molar-refractivity contribution in [3.8, 4) is 34.5 Å². The van der Waals surface area contributed by atoms with Crippen molar-refractivity contribution in [3.63, 3.8) is 0 Å². The van der Waals surface area contributed by atoms with Crippen LogP contribution in [0.1, 0.15) is 10.4 Å². The summed E-state index contributed by atoms with van der Waals surface area (Å²) in [4.78, 5) is 12.3. The average molecular weight is 551 g/mol. The molecule has 0 radical (unpaired) electrons. The Morgan fingerprint density at radius 3 is 1.17 bits per heavy atom. The standard InChI is InChI=1S/C33H26O8/c34-31(35)28-22-13-23-29(40-32(36-24-14-5-1-6-15-24)37-25-16-7-2-8-17-25)30(28)41-33(38-26-18-9-3-10-19-26)39-27-20-11-4-12-21-27/h1-23,32-33H,(H,34,35). The van der Waals surface area contributed by atoms with Crippen LogP contribution in [0.3, 0.4) is 0 Å². The molecule has 0 fully saturated rings. The second-order valence-corrected chi connectivity index (χ2v) is 8.47. The molecule has 0 aliphatic heterocycles. The predicted octanol–water partition coefficient (Wildman–Crippen LogP) is 7.03. The Balaban J connectivity index is 1.48. The van der Waals surface area contributed by atoms with Crippen molar-refractivity contribution in [2.75, 3.05) is 0 Å². The maximum absolute atomic E-state index is 12.3. The van der Waals surface area contributed by atoms with Crippen LogP contribution in [0.4, 0.5) is 0 Å². The fraction of sp³-hybridized carbons (Fsp3) is 0.0606. The topological polar surface area (TPSA) is 92.7 Å². The van der Waals surface area contributed by atoms with Gasteiger partial charge in [0.15, 0.2) is 11.5 Å². The molecule has 0 saturated heterocycles. The predicted molar refractivity (Wildman–Crippen MR) is 151 cm³/mol. The number of aromatic carboxylic acids is 1. The molecule has 41 heavy (non-hydrogen) atoms. The highest BCUT2D eigenvalue weighted by molar-refractivity contribution is 5.92. The van der Waals surface area contributed by atoms with E-state index in [1.165, 1.54) is 12.1 Å². The SMILES string of the molecule is O=C(O)c1cccc(OC(Oc2ccccc2)Oc2ccccc2)c1OC(Oc1ccccc1)Oc1ccccc1. The Hall–Kier alpha value is -5.63. The summed E-state index contributed by atoms with van der Waals surface area (Å²) < 4.78 is 36.0. The van der Waals surface area contributed by atoms with Gasteiger partial charge in [-0.2, -0.15) is 0 Å². The van der Waals surface area contributed by atoms with Crippen molar-refractivity contribution in [3.05, 3.63) is 145 Å². The molecule has 8 heteroatoms. The first kappa shape index (κ1) is 27.0. The van der Waals surface area contributed by atoms with E-state index < -0.39 is 18.9 Å². The Morgan fingerprint density at radius 2 is 0.805 bits per heavy atom. The highest BCUT2D eigenvalue weighted by Gasteiger charge is 2.26. The molecule has 0 heterocycles. The maximum atomic E-state index is 12.3. The first-order chi connectivity index (χ1) is 20.1. The van der Waals surface area contributed by atoms with Crippen LogP contribution in [0.15, 0.2) is 140 Å². The molecular weight excluding hydrogens is 524 g/mol. The second-order valence-electron chi connectivity index (χ2n) is 8.47. The normalized spacial score (nSPS) is 10.6. The van der Waals surface area contributed by atoms with Crippen LogP contribution in [0.25, 0.3) is 0 Å². The zero-order valence-corrected chi connectivity index (χ0v) is 21.7. The zero-order chi connectivity index (χ0) is 28.3. The van der Waals surface area contributed by atoms with Crippen molar-refractivity contribution in [1.82, 2.24) is 0 Å². The van der Waals surface area contributed by atoms with E-state index in [-0.39, 0.29) is 17.1 Å². The lowest BCUT2D eigenvalue weighted by molar-refractivity contribution is -0.154. The molecule has 0 saturated carbocycles. The Kier molecular flexibility index (Phi) is 8.83. The van der Waals surface area contributed by atoms with E-state index in [1.54, 1.807) is 103 Å². The smallest absolute Gasteiger partial charge is 0.406 e. The fourth-order valence-corrected chi connectivity index (χ4v) is 3.68. The molecule has 1 N–H and O–H groups in total. The lowest BCUT2D eigenvalue weighted by atomic mass is 10.2. The number of ether oxygens (including phenoxy) is 6. The minimum absolute atomic E-state index is 0.0279. The highest BCUT2D eigenvalue weighted by atomic mass is 16.9. The molecular formula is C33H26O8. The van der Waals surface area contributed by atoms with Gasteiger partial charge in [0.2, 0.25) is 0 Å². The Labute approximate surface area is 236 Å². The summed E-state index contributed by atoms with van der Waals surface area (Å²) in [5, 5.41) is 10.0. The first-order valence-corrected chi connectivity index (χ1v) is 12.7. The van der Waals surface area contributed by atoms with Gasteiger partial charge in [0.25, 0.3) is 0 Å². The van der Waals surface area contributed by atoms with Crippen LogP contribution in [-0.4, -0.2) is 24.0 Å². The van der Waals surface area contributed by atoms with Crippen LogP contribution in [-0.2, 0) is 0 Å². The molecule has 5 aromatic carbocycles. The van der Waals surface area contributed by atoms with Gasteiger partial charge in [0.05, 0.1) is 0 Å². The maximum Gasteiger partial charge on any atom is 0.406 e. The van der Waals surface area contributed by atoms with E-state index >= 15 is 0 Å². The zero-order valence-electron chi connectivity index (χ0n) is 21.7. The summed E-state index contributed by atoms with van der Waals surface area (Å²) in [6.07, 6.45) is 0. The number of carboxylic acid groups (broad SMARTS) is 1. The van der Waals surface area contributed by atoms with Crippen molar-refractivity contribution in [2.24, 2.45) is 0 Å². The van der Waals surface area contributed by atoms with E-state index in [2.05, 4.69) is 0 Å². The van der Waals surface area contributed by atoms with Crippen LogP contribution >= 0.6 is 0 Å². The van der Waals surface area contributed by atoms with Crippen molar-refractivity contribution >= 4 is 5.97 Å². The molecule has 0 unspecified atom stereocenters. The molecule has 0 atom stereocenters. The van der Waals surface area contributed by atoms with E-state index in [1.807, 2.05) is 24.3 Å². The van der Waals surface area contributed by atoms with E-state index in [4.69, 9.17) is 28.4 Å². The summed E-state index contributed by atoms with van der Waals surface area (Å²) in [6, 6.07) is 40.1. The number of hydrogen-bond donors (Lipinski definition) is 1. The monoisotopic (exact) mass is 550 g/mol. The van der Waals surface area contributed by atoms with E-state index in [9.17, 15) is 9.90 Å². The summed E-state index contributed by atoms with van der Waals surface area (Å²) in [6.45, 7) is -2.69. The minimum Gasteiger partial charge on any atom is -0.478 e. The lowest BCUT2D eigenvalue weighted by Gasteiger charge is -2.25. The molecule has 5 rings (SSSR count). The van der Waals surface area contributed by atoms with Crippen molar-refractivity contribution < 1.29 is 38.3 Å². The third kappa shape index (κ3) is 7.70. The van der Waals surface area contributed by atoms with Crippen molar-refractivity contribution in [2.45, 2.75) is 13.0 Å².